The van der Waals surface area contributed by atoms with Crippen molar-refractivity contribution < 1.29 is 4.39 Å². The highest BCUT2D eigenvalue weighted by molar-refractivity contribution is 5.95. The van der Waals surface area contributed by atoms with Gasteiger partial charge in [-0.05, 0) is 81.0 Å². The van der Waals surface area contributed by atoms with Crippen LogP contribution in [0.4, 0.5) is 16.0 Å². The normalized spacial score (nSPS) is 18.5. The molecule has 0 amide bonds. The second kappa shape index (κ2) is 8.58. The van der Waals surface area contributed by atoms with E-state index in [0.717, 1.165) is 78.1 Å². The molecule has 3 aromatic carbocycles. The number of fused-ring (bicyclic) bond motifs is 2. The van der Waals surface area contributed by atoms with Gasteiger partial charge in [0.2, 0.25) is 5.95 Å². The van der Waals surface area contributed by atoms with E-state index in [9.17, 15) is 4.39 Å². The number of benzene rings is 3. The maximum atomic E-state index is 14.0. The Labute approximate surface area is 221 Å². The summed E-state index contributed by atoms with van der Waals surface area (Å²) in [5, 5.41) is 9.84. The Hall–Kier alpha value is -3.87. The number of para-hydroxylation sites is 2. The SMILES string of the molecule is Fc1cccc(-c2nn(C3CC3)c3cc(NC4CCN(c5nc6ccccc6n5C5CC5)CC4)ccc23)c1. The average Bonchev–Trinajstić information content (AvgIpc) is 3.88. The van der Waals surface area contributed by atoms with Gasteiger partial charge in [0, 0.05) is 41.8 Å². The van der Waals surface area contributed by atoms with Crippen LogP contribution >= 0.6 is 0 Å². The van der Waals surface area contributed by atoms with Gasteiger partial charge in [0.05, 0.1) is 22.6 Å². The molecule has 5 aromatic rings. The first-order chi connectivity index (χ1) is 18.7. The van der Waals surface area contributed by atoms with E-state index in [1.54, 1.807) is 12.1 Å². The van der Waals surface area contributed by atoms with Gasteiger partial charge in [-0.15, -0.1) is 0 Å². The summed E-state index contributed by atoms with van der Waals surface area (Å²) in [6.07, 6.45) is 6.96. The van der Waals surface area contributed by atoms with Crippen LogP contribution in [-0.2, 0) is 0 Å². The van der Waals surface area contributed by atoms with Gasteiger partial charge in [-0.2, -0.15) is 5.10 Å². The summed E-state index contributed by atoms with van der Waals surface area (Å²) in [6.45, 7) is 2.00. The molecule has 2 saturated carbocycles. The predicted molar refractivity (Wildman–Crippen MR) is 150 cm³/mol. The summed E-state index contributed by atoms with van der Waals surface area (Å²) in [5.74, 6) is 0.917. The fourth-order valence-corrected chi connectivity index (χ4v) is 6.08. The molecule has 7 heteroatoms. The Balaban J connectivity index is 1.03. The van der Waals surface area contributed by atoms with Crippen LogP contribution in [0.3, 0.4) is 0 Å². The van der Waals surface area contributed by atoms with E-state index in [2.05, 4.69) is 61.9 Å². The van der Waals surface area contributed by atoms with Crippen LogP contribution < -0.4 is 10.2 Å². The fraction of sp³-hybridized carbons (Fsp3) is 0.355. The minimum Gasteiger partial charge on any atom is -0.382 e. The third-order valence-electron chi connectivity index (χ3n) is 8.34. The van der Waals surface area contributed by atoms with Crippen molar-refractivity contribution >= 4 is 33.6 Å². The Morgan fingerprint density at radius 3 is 2.39 bits per heavy atom. The molecule has 2 aromatic heterocycles. The maximum absolute atomic E-state index is 14.0. The van der Waals surface area contributed by atoms with Crippen molar-refractivity contribution in [1.29, 1.82) is 0 Å². The Morgan fingerprint density at radius 2 is 1.61 bits per heavy atom. The highest BCUT2D eigenvalue weighted by atomic mass is 19.1. The Morgan fingerprint density at radius 1 is 0.789 bits per heavy atom. The van der Waals surface area contributed by atoms with Gasteiger partial charge < -0.3 is 14.8 Å². The van der Waals surface area contributed by atoms with E-state index in [-0.39, 0.29) is 5.82 Å². The third kappa shape index (κ3) is 3.83. The van der Waals surface area contributed by atoms with Crippen molar-refractivity contribution in [2.24, 2.45) is 0 Å². The van der Waals surface area contributed by atoms with Gasteiger partial charge in [0.1, 0.15) is 11.5 Å². The van der Waals surface area contributed by atoms with Crippen molar-refractivity contribution in [3.05, 3.63) is 72.5 Å². The van der Waals surface area contributed by atoms with Crippen LogP contribution in [0.1, 0.15) is 50.6 Å². The highest BCUT2D eigenvalue weighted by Crippen LogP contribution is 2.42. The van der Waals surface area contributed by atoms with Crippen LogP contribution in [0.15, 0.2) is 66.7 Å². The zero-order valence-corrected chi connectivity index (χ0v) is 21.4. The van der Waals surface area contributed by atoms with Crippen LogP contribution in [0.25, 0.3) is 33.2 Å². The van der Waals surface area contributed by atoms with Crippen LogP contribution in [0.2, 0.25) is 0 Å². The molecule has 0 unspecified atom stereocenters. The van der Waals surface area contributed by atoms with Crippen molar-refractivity contribution in [1.82, 2.24) is 19.3 Å². The van der Waals surface area contributed by atoms with Gasteiger partial charge in [0.15, 0.2) is 0 Å². The summed E-state index contributed by atoms with van der Waals surface area (Å²) in [4.78, 5) is 7.52. The monoisotopic (exact) mass is 506 g/mol. The van der Waals surface area contributed by atoms with Crippen molar-refractivity contribution in [2.45, 2.75) is 56.7 Å². The number of piperidine rings is 1. The second-order valence-corrected chi connectivity index (χ2v) is 11.2. The number of nitrogens with zero attached hydrogens (tertiary/aromatic N) is 5. The molecule has 192 valence electrons. The standard InChI is InChI=1S/C31H31FN6/c32-21-5-3-4-20(18-21)30-26-13-8-23(19-29(26)38(35-30)25-11-12-25)33-22-14-16-36(17-15-22)31-34-27-6-1-2-7-28(27)37(31)24-9-10-24/h1-8,13,18-19,22,24-25,33H,9-12,14-17H2. The minimum absolute atomic E-state index is 0.228. The molecule has 1 aliphatic heterocycles. The summed E-state index contributed by atoms with van der Waals surface area (Å²) in [6, 6.07) is 23.3. The molecule has 38 heavy (non-hydrogen) atoms. The summed E-state index contributed by atoms with van der Waals surface area (Å²) in [7, 11) is 0. The molecule has 1 N–H and O–H groups in total. The minimum atomic E-state index is -0.228. The lowest BCUT2D eigenvalue weighted by molar-refractivity contribution is 0.513. The lowest BCUT2D eigenvalue weighted by Gasteiger charge is -2.34. The zero-order valence-electron chi connectivity index (χ0n) is 21.4. The van der Waals surface area contributed by atoms with Gasteiger partial charge in [-0.3, -0.25) is 4.68 Å². The fourth-order valence-electron chi connectivity index (χ4n) is 6.08. The van der Waals surface area contributed by atoms with E-state index in [1.807, 2.05) is 6.07 Å². The molecule has 1 saturated heterocycles. The largest absolute Gasteiger partial charge is 0.382 e. The molecular weight excluding hydrogens is 475 g/mol. The summed E-state index contributed by atoms with van der Waals surface area (Å²) >= 11 is 0. The molecule has 2 aliphatic carbocycles. The van der Waals surface area contributed by atoms with Crippen LogP contribution in [-0.4, -0.2) is 38.5 Å². The smallest absolute Gasteiger partial charge is 0.206 e. The van der Waals surface area contributed by atoms with Gasteiger partial charge in [-0.1, -0.05) is 24.3 Å². The van der Waals surface area contributed by atoms with Gasteiger partial charge in [0.25, 0.3) is 0 Å². The quantitative estimate of drug-likeness (QED) is 0.271. The molecule has 3 fully saturated rings. The number of hydrogen-bond donors (Lipinski definition) is 1. The molecule has 0 radical (unpaired) electrons. The first kappa shape index (κ1) is 22.1. The lowest BCUT2D eigenvalue weighted by atomic mass is 10.0. The lowest BCUT2D eigenvalue weighted by Crippen LogP contribution is -2.40. The number of hydrogen-bond acceptors (Lipinski definition) is 4. The van der Waals surface area contributed by atoms with E-state index >= 15 is 0 Å². The summed E-state index contributed by atoms with van der Waals surface area (Å²) in [5.41, 5.74) is 6.34. The number of rotatable bonds is 6. The topological polar surface area (TPSA) is 50.9 Å². The molecule has 8 rings (SSSR count). The van der Waals surface area contributed by atoms with Crippen molar-refractivity contribution in [2.75, 3.05) is 23.3 Å². The zero-order chi connectivity index (χ0) is 25.2. The number of anilines is 2. The van der Waals surface area contributed by atoms with E-state index in [0.29, 0.717) is 18.1 Å². The van der Waals surface area contributed by atoms with E-state index in [4.69, 9.17) is 10.1 Å². The molecule has 6 nitrogen and oxygen atoms in total. The highest BCUT2D eigenvalue weighted by Gasteiger charge is 2.32. The third-order valence-corrected chi connectivity index (χ3v) is 8.34. The molecule has 0 bridgehead atoms. The molecule has 0 atom stereocenters. The second-order valence-electron chi connectivity index (χ2n) is 11.2. The van der Waals surface area contributed by atoms with Crippen LogP contribution in [0.5, 0.6) is 0 Å². The first-order valence-electron chi connectivity index (χ1n) is 14.0. The Bertz CT molecular complexity index is 1650. The summed E-state index contributed by atoms with van der Waals surface area (Å²) < 4.78 is 18.6. The van der Waals surface area contributed by atoms with Crippen LogP contribution in [0, 0.1) is 5.82 Å². The average molecular weight is 507 g/mol. The number of halogens is 1. The number of nitrogens with one attached hydrogen (secondary N) is 1. The number of aromatic nitrogens is 4. The Kier molecular flexibility index (Phi) is 5.00. The first-order valence-corrected chi connectivity index (χ1v) is 14.0. The molecule has 0 spiro atoms. The molecule has 3 heterocycles. The maximum Gasteiger partial charge on any atom is 0.206 e. The molecule has 3 aliphatic rings. The number of imidazole rings is 1. The van der Waals surface area contributed by atoms with Gasteiger partial charge >= 0.3 is 0 Å². The van der Waals surface area contributed by atoms with E-state index in [1.165, 1.54) is 24.4 Å². The molecular formula is C31H31FN6. The van der Waals surface area contributed by atoms with Crippen molar-refractivity contribution in [3.63, 3.8) is 0 Å². The van der Waals surface area contributed by atoms with E-state index < -0.39 is 0 Å². The van der Waals surface area contributed by atoms with Gasteiger partial charge in [-0.25, -0.2) is 9.37 Å². The predicted octanol–water partition coefficient (Wildman–Crippen LogP) is 6.94. The van der Waals surface area contributed by atoms with Crippen molar-refractivity contribution in [3.8, 4) is 11.3 Å².